The van der Waals surface area contributed by atoms with Gasteiger partial charge in [0.2, 0.25) is 0 Å². The van der Waals surface area contributed by atoms with Gasteiger partial charge in [-0.1, -0.05) is 0 Å². The molecule has 2 amide bonds. The molecular formula is C13H12N4O8. The number of nitrogens with zero attached hydrogens (tertiary/aromatic N) is 3. The maximum absolute atomic E-state index is 12.0. The lowest BCUT2D eigenvalue weighted by atomic mass is 10.2. The van der Waals surface area contributed by atoms with Crippen molar-refractivity contribution in [3.8, 4) is 5.75 Å². The van der Waals surface area contributed by atoms with Crippen molar-refractivity contribution in [1.29, 1.82) is 0 Å². The number of ether oxygens (including phenoxy) is 1. The molecule has 132 valence electrons. The Kier molecular flexibility index (Phi) is 4.93. The fourth-order valence-corrected chi connectivity index (χ4v) is 2.22. The highest BCUT2D eigenvalue weighted by molar-refractivity contribution is 6.17. The molecule has 12 heteroatoms. The second-order valence-corrected chi connectivity index (χ2v) is 4.76. The van der Waals surface area contributed by atoms with Crippen LogP contribution in [0.2, 0.25) is 0 Å². The molecule has 0 spiro atoms. The van der Waals surface area contributed by atoms with Crippen LogP contribution >= 0.6 is 0 Å². The zero-order valence-corrected chi connectivity index (χ0v) is 12.8. The minimum Gasteiger partial charge on any atom is -0.485 e. The fourth-order valence-electron chi connectivity index (χ4n) is 2.22. The lowest BCUT2D eigenvalue weighted by Crippen LogP contribution is -2.34. The number of benzene rings is 1. The van der Waals surface area contributed by atoms with Gasteiger partial charge >= 0.3 is 11.4 Å². The number of methoxy groups -OCH3 is 1. The van der Waals surface area contributed by atoms with E-state index >= 15 is 0 Å². The van der Waals surface area contributed by atoms with Gasteiger partial charge < -0.3 is 15.2 Å². The summed E-state index contributed by atoms with van der Waals surface area (Å²) in [5.41, 5.74) is -1.72. The van der Waals surface area contributed by atoms with Crippen molar-refractivity contribution in [2.45, 2.75) is 0 Å². The Labute approximate surface area is 139 Å². The van der Waals surface area contributed by atoms with Crippen LogP contribution in [-0.4, -0.2) is 51.9 Å². The molecular weight excluding hydrogens is 340 g/mol. The van der Waals surface area contributed by atoms with Crippen molar-refractivity contribution in [2.24, 2.45) is 0 Å². The summed E-state index contributed by atoms with van der Waals surface area (Å²) >= 11 is 0. The van der Waals surface area contributed by atoms with Crippen LogP contribution in [0.15, 0.2) is 23.9 Å². The van der Waals surface area contributed by atoms with Crippen molar-refractivity contribution in [1.82, 2.24) is 4.90 Å². The van der Waals surface area contributed by atoms with Crippen LogP contribution in [-0.2, 0) is 9.59 Å². The molecule has 25 heavy (non-hydrogen) atoms. The number of carbonyl (C=O) groups is 2. The van der Waals surface area contributed by atoms with Crippen LogP contribution < -0.4 is 10.1 Å². The number of amides is 2. The smallest absolute Gasteiger partial charge is 0.320 e. The fraction of sp³-hybridized carbons (Fsp3) is 0.231. The maximum atomic E-state index is 12.0. The molecule has 0 atom stereocenters. The van der Waals surface area contributed by atoms with Crippen molar-refractivity contribution < 1.29 is 29.3 Å². The summed E-state index contributed by atoms with van der Waals surface area (Å²) in [5.74, 6) is -1.98. The summed E-state index contributed by atoms with van der Waals surface area (Å²) in [4.78, 5) is 44.9. The molecule has 2 rings (SSSR count). The molecule has 1 aliphatic rings. The van der Waals surface area contributed by atoms with Crippen LogP contribution in [0.25, 0.3) is 0 Å². The minimum atomic E-state index is -0.870. The number of nitro groups is 2. The molecule has 0 saturated heterocycles. The van der Waals surface area contributed by atoms with E-state index in [1.807, 2.05) is 0 Å². The van der Waals surface area contributed by atoms with Crippen molar-refractivity contribution >= 4 is 28.9 Å². The third kappa shape index (κ3) is 3.37. The van der Waals surface area contributed by atoms with Crippen LogP contribution in [0.5, 0.6) is 5.75 Å². The van der Waals surface area contributed by atoms with Crippen molar-refractivity contribution in [3.63, 3.8) is 0 Å². The van der Waals surface area contributed by atoms with Gasteiger partial charge in [0, 0.05) is 18.2 Å². The summed E-state index contributed by atoms with van der Waals surface area (Å²) in [7, 11) is 1.05. The molecule has 1 aromatic rings. The molecule has 12 nitrogen and oxygen atoms in total. The zero-order chi connectivity index (χ0) is 18.7. The lowest BCUT2D eigenvalue weighted by Gasteiger charge is -2.13. The second-order valence-electron chi connectivity index (χ2n) is 4.76. The van der Waals surface area contributed by atoms with Crippen LogP contribution in [0, 0.1) is 20.2 Å². The summed E-state index contributed by atoms with van der Waals surface area (Å²) in [6.07, 6.45) is 0.930. The lowest BCUT2D eigenvalue weighted by molar-refractivity contribution is -0.395. The first-order chi connectivity index (χ1) is 11.8. The van der Waals surface area contributed by atoms with Gasteiger partial charge in [0.15, 0.2) is 0 Å². The Morgan fingerprint density at radius 3 is 2.20 bits per heavy atom. The first-order valence-electron chi connectivity index (χ1n) is 6.76. The monoisotopic (exact) mass is 352 g/mol. The zero-order valence-electron chi connectivity index (χ0n) is 12.8. The number of carbonyl (C=O) groups excluding carboxylic acids is 2. The number of hydrogen-bond acceptors (Lipinski definition) is 9. The van der Waals surface area contributed by atoms with E-state index in [4.69, 9.17) is 9.84 Å². The van der Waals surface area contributed by atoms with Gasteiger partial charge in [-0.25, -0.2) is 0 Å². The number of aliphatic hydroxyl groups is 1. The first-order valence-corrected chi connectivity index (χ1v) is 6.76. The predicted octanol–water partition coefficient (Wildman–Crippen LogP) is 0.168. The number of β-amino-alcohol motifs (C(OH)–C–C–N with tert-alkyl or cyclic N) is 1. The summed E-state index contributed by atoms with van der Waals surface area (Å²) < 4.78 is 4.73. The third-order valence-electron chi connectivity index (χ3n) is 3.26. The molecule has 1 aromatic carbocycles. The van der Waals surface area contributed by atoms with E-state index < -0.39 is 45.4 Å². The van der Waals surface area contributed by atoms with Crippen molar-refractivity contribution in [2.75, 3.05) is 25.6 Å². The molecule has 2 N–H and O–H groups in total. The number of nitro benzene ring substituents is 2. The molecule has 0 radical (unpaired) electrons. The topological polar surface area (TPSA) is 165 Å². The van der Waals surface area contributed by atoms with E-state index in [0.29, 0.717) is 0 Å². The van der Waals surface area contributed by atoms with E-state index in [-0.39, 0.29) is 17.9 Å². The van der Waals surface area contributed by atoms with Gasteiger partial charge in [-0.15, -0.1) is 0 Å². The van der Waals surface area contributed by atoms with Gasteiger partial charge in [0.1, 0.15) is 5.70 Å². The number of anilines is 1. The Hall–Kier alpha value is -3.54. The highest BCUT2D eigenvalue weighted by Crippen LogP contribution is 2.39. The molecule has 1 aliphatic heterocycles. The number of aliphatic hydroxyl groups excluding tert-OH is 1. The average Bonchev–Trinajstić information content (AvgIpc) is 2.81. The first kappa shape index (κ1) is 17.8. The second kappa shape index (κ2) is 6.92. The van der Waals surface area contributed by atoms with Gasteiger partial charge in [-0.2, -0.15) is 0 Å². The highest BCUT2D eigenvalue weighted by atomic mass is 16.6. The molecule has 0 saturated carbocycles. The number of nitrogens with one attached hydrogen (secondary N) is 1. The standard InChI is InChI=1S/C13H12N4O8/c1-25-12-9(16(21)22)4-7(5-10(12)17(23)24)14-8-6-11(19)15(2-3-18)13(8)20/h4-6,14,18H,2-3H2,1H3. The third-order valence-corrected chi connectivity index (χ3v) is 3.26. The van der Waals surface area contributed by atoms with Crippen molar-refractivity contribution in [3.05, 3.63) is 44.1 Å². The predicted molar refractivity (Wildman–Crippen MR) is 81.8 cm³/mol. The highest BCUT2D eigenvalue weighted by Gasteiger charge is 2.32. The Balaban J connectivity index is 2.42. The van der Waals surface area contributed by atoms with E-state index in [0.717, 1.165) is 30.2 Å². The normalized spacial score (nSPS) is 13.7. The molecule has 0 bridgehead atoms. The molecule has 1 heterocycles. The molecule has 0 unspecified atom stereocenters. The van der Waals surface area contributed by atoms with E-state index in [2.05, 4.69) is 5.32 Å². The van der Waals surface area contributed by atoms with Gasteiger partial charge in [0.05, 0.1) is 35.8 Å². The summed E-state index contributed by atoms with van der Waals surface area (Å²) in [6.45, 7) is -0.652. The number of hydrogen-bond donors (Lipinski definition) is 2. The summed E-state index contributed by atoms with van der Waals surface area (Å²) in [6, 6.07) is 1.89. The molecule has 0 fully saturated rings. The average molecular weight is 352 g/mol. The number of rotatable bonds is 7. The van der Waals surface area contributed by atoms with E-state index in [1.165, 1.54) is 0 Å². The van der Waals surface area contributed by atoms with E-state index in [1.54, 1.807) is 0 Å². The van der Waals surface area contributed by atoms with Crippen LogP contribution in [0.3, 0.4) is 0 Å². The Morgan fingerprint density at radius 2 is 1.76 bits per heavy atom. The van der Waals surface area contributed by atoms with Gasteiger partial charge in [-0.05, 0) is 0 Å². The maximum Gasteiger partial charge on any atom is 0.320 e. The van der Waals surface area contributed by atoms with Crippen LogP contribution in [0.4, 0.5) is 17.1 Å². The van der Waals surface area contributed by atoms with Gasteiger partial charge in [-0.3, -0.25) is 34.7 Å². The van der Waals surface area contributed by atoms with Gasteiger partial charge in [0.25, 0.3) is 17.6 Å². The SMILES string of the molecule is COc1c([N+](=O)[O-])cc(NC2=CC(=O)N(CCO)C2=O)cc1[N+](=O)[O-]. The van der Waals surface area contributed by atoms with Crippen LogP contribution in [0.1, 0.15) is 0 Å². The number of imide groups is 1. The molecule has 0 aliphatic carbocycles. The molecule has 0 aromatic heterocycles. The van der Waals surface area contributed by atoms with E-state index in [9.17, 15) is 29.8 Å². The Morgan fingerprint density at radius 1 is 1.20 bits per heavy atom. The quantitative estimate of drug-likeness (QED) is 0.395. The Bertz CT molecular complexity index is 768. The minimum absolute atomic E-state index is 0.141. The largest absolute Gasteiger partial charge is 0.485 e. The summed E-state index contributed by atoms with van der Waals surface area (Å²) in [5, 5.41) is 33.5.